The number of nitrogens with zero attached hydrogens (tertiary/aromatic N) is 3. The van der Waals surface area contributed by atoms with Crippen LogP contribution < -0.4 is 10.2 Å². The van der Waals surface area contributed by atoms with Crippen molar-refractivity contribution in [2.75, 3.05) is 12.4 Å². The van der Waals surface area contributed by atoms with Crippen LogP contribution in [0.5, 0.6) is 5.75 Å². The maximum Gasteiger partial charge on any atom is 0.250 e. The number of carbonyl (C=O) groups excluding carboxylic acids is 1. The Morgan fingerprint density at radius 2 is 2.11 bits per heavy atom. The van der Waals surface area contributed by atoms with E-state index in [0.29, 0.717) is 12.4 Å². The molecule has 0 aliphatic rings. The van der Waals surface area contributed by atoms with Crippen LogP contribution in [0.25, 0.3) is 10.6 Å². The van der Waals surface area contributed by atoms with E-state index in [1.54, 1.807) is 6.21 Å². The van der Waals surface area contributed by atoms with Gasteiger partial charge in [-0.25, -0.2) is 5.43 Å². The van der Waals surface area contributed by atoms with Crippen LogP contribution >= 0.6 is 39.0 Å². The molecule has 3 rings (SSSR count). The number of nitrogens with one attached hydrogen (secondary N) is 1. The summed E-state index contributed by atoms with van der Waals surface area (Å²) in [7, 11) is 0. The van der Waals surface area contributed by atoms with Gasteiger partial charge in [-0.15, -0.1) is 10.2 Å². The molecule has 28 heavy (non-hydrogen) atoms. The summed E-state index contributed by atoms with van der Waals surface area (Å²) in [5, 5.41) is 13.1. The molecule has 3 aromatic rings. The summed E-state index contributed by atoms with van der Waals surface area (Å²) in [5.41, 5.74) is 4.32. The van der Waals surface area contributed by atoms with E-state index in [1.807, 2.05) is 55.5 Å². The van der Waals surface area contributed by atoms with E-state index in [9.17, 15) is 4.79 Å². The molecule has 1 heterocycles. The summed E-state index contributed by atoms with van der Waals surface area (Å²) >= 11 is 6.21. The topological polar surface area (TPSA) is 76.5 Å². The number of aromatic nitrogens is 2. The van der Waals surface area contributed by atoms with Crippen molar-refractivity contribution in [3.8, 4) is 16.3 Å². The number of halogens is 1. The zero-order valence-corrected chi connectivity index (χ0v) is 18.2. The fourth-order valence-electron chi connectivity index (χ4n) is 2.21. The van der Waals surface area contributed by atoms with Crippen molar-refractivity contribution < 1.29 is 9.53 Å². The fourth-order valence-corrected chi connectivity index (χ4v) is 4.23. The number of benzene rings is 2. The lowest BCUT2D eigenvalue weighted by Crippen LogP contribution is -2.19. The van der Waals surface area contributed by atoms with Crippen molar-refractivity contribution in [1.29, 1.82) is 0 Å². The Morgan fingerprint density at radius 1 is 1.29 bits per heavy atom. The summed E-state index contributed by atoms with van der Waals surface area (Å²) in [5.74, 6) is 0.698. The van der Waals surface area contributed by atoms with Crippen LogP contribution in [0.1, 0.15) is 12.5 Å². The van der Waals surface area contributed by atoms with Gasteiger partial charge in [-0.2, -0.15) is 5.10 Å². The summed E-state index contributed by atoms with van der Waals surface area (Å²) in [6, 6.07) is 15.5. The van der Waals surface area contributed by atoms with Crippen LogP contribution in [0, 0.1) is 0 Å². The van der Waals surface area contributed by atoms with Crippen molar-refractivity contribution in [3.05, 3.63) is 58.6 Å². The Morgan fingerprint density at radius 3 is 2.89 bits per heavy atom. The zero-order valence-electron chi connectivity index (χ0n) is 15.0. The number of carbonyl (C=O) groups is 1. The van der Waals surface area contributed by atoms with E-state index in [2.05, 4.69) is 36.7 Å². The zero-order chi connectivity index (χ0) is 19.8. The SMILES string of the molecule is CCOc1ccc(Br)cc1/C=N\NC(=O)CSc1nnc(-c2ccccc2)s1. The molecule has 1 aromatic heterocycles. The van der Waals surface area contributed by atoms with Crippen LogP contribution in [0.2, 0.25) is 0 Å². The minimum atomic E-state index is -0.217. The van der Waals surface area contributed by atoms with Crippen LogP contribution in [0.15, 0.2) is 62.4 Å². The smallest absolute Gasteiger partial charge is 0.250 e. The Balaban J connectivity index is 1.52. The van der Waals surface area contributed by atoms with Gasteiger partial charge in [0.25, 0.3) is 5.91 Å². The second-order valence-electron chi connectivity index (χ2n) is 5.44. The first-order valence-corrected chi connectivity index (χ1v) is 11.0. The third kappa shape index (κ3) is 5.88. The molecule has 9 heteroatoms. The number of ether oxygens (including phenoxy) is 1. The highest BCUT2D eigenvalue weighted by Gasteiger charge is 2.09. The van der Waals surface area contributed by atoms with Gasteiger partial charge in [0.05, 0.1) is 18.6 Å². The second kappa shape index (κ2) is 10.4. The molecule has 0 aliphatic heterocycles. The minimum Gasteiger partial charge on any atom is -0.493 e. The van der Waals surface area contributed by atoms with E-state index >= 15 is 0 Å². The van der Waals surface area contributed by atoms with E-state index in [0.717, 1.165) is 24.9 Å². The molecular weight excluding hydrogens is 460 g/mol. The Bertz CT molecular complexity index is 964. The fraction of sp³-hybridized carbons (Fsp3) is 0.158. The monoisotopic (exact) mass is 476 g/mol. The maximum absolute atomic E-state index is 12.0. The molecule has 0 bridgehead atoms. The van der Waals surface area contributed by atoms with E-state index in [-0.39, 0.29) is 11.7 Å². The number of hydrogen-bond donors (Lipinski definition) is 1. The average Bonchev–Trinajstić information content (AvgIpc) is 3.18. The normalized spacial score (nSPS) is 10.9. The molecule has 0 aliphatic carbocycles. The molecule has 0 spiro atoms. The predicted octanol–water partition coefficient (Wildman–Crippen LogP) is 4.61. The second-order valence-corrected chi connectivity index (χ2v) is 8.55. The molecule has 0 saturated carbocycles. The largest absolute Gasteiger partial charge is 0.493 e. The first-order chi connectivity index (χ1) is 13.7. The van der Waals surface area contributed by atoms with Crippen LogP contribution in [0.4, 0.5) is 0 Å². The highest BCUT2D eigenvalue weighted by Crippen LogP contribution is 2.29. The lowest BCUT2D eigenvalue weighted by molar-refractivity contribution is -0.118. The van der Waals surface area contributed by atoms with Crippen molar-refractivity contribution >= 4 is 51.2 Å². The number of hydrazone groups is 1. The minimum absolute atomic E-state index is 0.206. The molecule has 0 atom stereocenters. The predicted molar refractivity (Wildman–Crippen MR) is 117 cm³/mol. The Hall–Kier alpha value is -2.23. The highest BCUT2D eigenvalue weighted by molar-refractivity contribution is 9.10. The third-order valence-corrected chi connectivity index (χ3v) is 6.02. The van der Waals surface area contributed by atoms with Gasteiger partial charge in [-0.05, 0) is 25.1 Å². The third-order valence-electron chi connectivity index (χ3n) is 3.42. The van der Waals surface area contributed by atoms with Crippen LogP contribution in [-0.2, 0) is 4.79 Å². The summed E-state index contributed by atoms with van der Waals surface area (Å²) < 4.78 is 7.20. The molecule has 2 aromatic carbocycles. The first kappa shape index (κ1) is 20.5. The molecule has 0 unspecified atom stereocenters. The number of hydrogen-bond acceptors (Lipinski definition) is 7. The quantitative estimate of drug-likeness (QED) is 0.291. The molecule has 1 amide bonds. The highest BCUT2D eigenvalue weighted by atomic mass is 79.9. The number of amides is 1. The van der Waals surface area contributed by atoms with E-state index < -0.39 is 0 Å². The molecule has 6 nitrogen and oxygen atoms in total. The first-order valence-electron chi connectivity index (χ1n) is 8.41. The van der Waals surface area contributed by atoms with E-state index in [1.165, 1.54) is 23.1 Å². The molecule has 0 radical (unpaired) electrons. The van der Waals surface area contributed by atoms with Crippen molar-refractivity contribution in [2.24, 2.45) is 5.10 Å². The van der Waals surface area contributed by atoms with E-state index in [4.69, 9.17) is 4.74 Å². The maximum atomic E-state index is 12.0. The van der Waals surface area contributed by atoms with Gasteiger partial charge < -0.3 is 4.74 Å². The molecule has 1 N–H and O–H groups in total. The summed E-state index contributed by atoms with van der Waals surface area (Å²) in [4.78, 5) is 12.0. The van der Waals surface area contributed by atoms with Crippen LogP contribution in [0.3, 0.4) is 0 Å². The van der Waals surface area contributed by atoms with Gasteiger partial charge in [-0.1, -0.05) is 69.4 Å². The lowest BCUT2D eigenvalue weighted by atomic mass is 10.2. The van der Waals surface area contributed by atoms with Gasteiger partial charge >= 0.3 is 0 Å². The molecule has 0 saturated heterocycles. The summed E-state index contributed by atoms with van der Waals surface area (Å²) in [6.45, 7) is 2.47. The van der Waals surface area contributed by atoms with Crippen LogP contribution in [-0.4, -0.2) is 34.7 Å². The standard InChI is InChI=1S/C19H17BrN4O2S2/c1-2-26-16-9-8-15(20)10-14(16)11-21-22-17(25)12-27-19-24-23-18(28-19)13-6-4-3-5-7-13/h3-11H,2,12H2,1H3,(H,22,25)/b21-11-. The molecule has 0 fully saturated rings. The molecular formula is C19H17BrN4O2S2. The van der Waals surface area contributed by atoms with Gasteiger partial charge in [0, 0.05) is 15.6 Å². The molecule has 144 valence electrons. The van der Waals surface area contributed by atoms with Crippen molar-refractivity contribution in [1.82, 2.24) is 15.6 Å². The number of thioether (sulfide) groups is 1. The lowest BCUT2D eigenvalue weighted by Gasteiger charge is -2.07. The van der Waals surface area contributed by atoms with Gasteiger partial charge in [-0.3, -0.25) is 4.79 Å². The van der Waals surface area contributed by atoms with Gasteiger partial charge in [0.1, 0.15) is 10.8 Å². The average molecular weight is 477 g/mol. The van der Waals surface area contributed by atoms with Crippen molar-refractivity contribution in [2.45, 2.75) is 11.3 Å². The van der Waals surface area contributed by atoms with Gasteiger partial charge in [0.2, 0.25) is 0 Å². The Kier molecular flexibility index (Phi) is 7.58. The number of rotatable bonds is 8. The van der Waals surface area contributed by atoms with Crippen molar-refractivity contribution in [3.63, 3.8) is 0 Å². The summed E-state index contributed by atoms with van der Waals surface area (Å²) in [6.07, 6.45) is 1.57. The Labute approximate surface area is 179 Å². The van der Waals surface area contributed by atoms with Gasteiger partial charge in [0.15, 0.2) is 4.34 Å².